The fourth-order valence-electron chi connectivity index (χ4n) is 1.76. The quantitative estimate of drug-likeness (QED) is 0.634. The number of piperidine rings is 1. The zero-order chi connectivity index (χ0) is 10.1. The Balaban J connectivity index is 1.82. The molecular weight excluding hydrogens is 178 g/mol. The number of hydrogen-bond donors (Lipinski definition) is 1. The predicted molar refractivity (Wildman–Crippen MR) is 57.6 cm³/mol. The molecule has 0 spiro atoms. The van der Waals surface area contributed by atoms with Crippen molar-refractivity contribution in [2.24, 2.45) is 0 Å². The Morgan fingerprint density at radius 3 is 2.71 bits per heavy atom. The molecule has 0 aromatic heterocycles. The molecular formula is C11H23NO2. The summed E-state index contributed by atoms with van der Waals surface area (Å²) < 4.78 is 10.7. The van der Waals surface area contributed by atoms with Crippen molar-refractivity contribution in [2.75, 3.05) is 33.0 Å². The van der Waals surface area contributed by atoms with Crippen LogP contribution in [0.15, 0.2) is 0 Å². The minimum absolute atomic E-state index is 0.691. The highest BCUT2D eigenvalue weighted by molar-refractivity contribution is 4.71. The van der Waals surface area contributed by atoms with Gasteiger partial charge in [-0.15, -0.1) is 0 Å². The van der Waals surface area contributed by atoms with Crippen molar-refractivity contribution < 1.29 is 9.47 Å². The Morgan fingerprint density at radius 2 is 2.00 bits per heavy atom. The maximum Gasteiger partial charge on any atom is 0.0700 e. The van der Waals surface area contributed by atoms with Crippen LogP contribution < -0.4 is 5.32 Å². The molecule has 1 aliphatic heterocycles. The minimum Gasteiger partial charge on any atom is -0.379 e. The summed E-state index contributed by atoms with van der Waals surface area (Å²) in [6.07, 6.45) is 5.17. The maximum atomic E-state index is 5.47. The molecule has 0 amide bonds. The molecule has 0 aliphatic carbocycles. The van der Waals surface area contributed by atoms with E-state index in [-0.39, 0.29) is 0 Å². The van der Waals surface area contributed by atoms with Gasteiger partial charge in [-0.2, -0.15) is 0 Å². The second kappa shape index (κ2) is 8.21. The van der Waals surface area contributed by atoms with Gasteiger partial charge in [-0.05, 0) is 32.7 Å². The van der Waals surface area contributed by atoms with Crippen molar-refractivity contribution in [1.29, 1.82) is 0 Å². The van der Waals surface area contributed by atoms with Gasteiger partial charge in [-0.1, -0.05) is 6.42 Å². The highest BCUT2D eigenvalue weighted by Gasteiger charge is 2.11. The van der Waals surface area contributed by atoms with Crippen molar-refractivity contribution >= 4 is 0 Å². The summed E-state index contributed by atoms with van der Waals surface area (Å²) in [4.78, 5) is 0. The third kappa shape index (κ3) is 5.58. The Hall–Kier alpha value is -0.120. The van der Waals surface area contributed by atoms with E-state index in [0.717, 1.165) is 32.8 Å². The van der Waals surface area contributed by atoms with Gasteiger partial charge in [0.15, 0.2) is 0 Å². The zero-order valence-electron chi connectivity index (χ0n) is 9.26. The van der Waals surface area contributed by atoms with Crippen LogP contribution in [0.3, 0.4) is 0 Å². The van der Waals surface area contributed by atoms with Crippen LogP contribution in [0, 0.1) is 0 Å². The van der Waals surface area contributed by atoms with Gasteiger partial charge in [0, 0.05) is 19.3 Å². The smallest absolute Gasteiger partial charge is 0.0700 e. The Labute approximate surface area is 87.2 Å². The Bertz CT molecular complexity index is 124. The summed E-state index contributed by atoms with van der Waals surface area (Å²) >= 11 is 0. The van der Waals surface area contributed by atoms with E-state index in [2.05, 4.69) is 5.32 Å². The molecule has 1 saturated heterocycles. The van der Waals surface area contributed by atoms with E-state index in [4.69, 9.17) is 9.47 Å². The van der Waals surface area contributed by atoms with Crippen molar-refractivity contribution in [3.8, 4) is 0 Å². The van der Waals surface area contributed by atoms with Gasteiger partial charge >= 0.3 is 0 Å². The second-order valence-electron chi connectivity index (χ2n) is 3.74. The molecule has 1 rings (SSSR count). The molecule has 0 aromatic rings. The summed E-state index contributed by atoms with van der Waals surface area (Å²) in [6, 6.07) is 0.691. The van der Waals surface area contributed by atoms with E-state index < -0.39 is 0 Å². The molecule has 1 atom stereocenters. The third-order valence-corrected chi connectivity index (χ3v) is 2.60. The molecule has 14 heavy (non-hydrogen) atoms. The molecule has 1 heterocycles. The van der Waals surface area contributed by atoms with Gasteiger partial charge in [0.05, 0.1) is 13.2 Å². The minimum atomic E-state index is 0.691. The lowest BCUT2D eigenvalue weighted by Gasteiger charge is -2.23. The first kappa shape index (κ1) is 12.0. The lowest BCUT2D eigenvalue weighted by Crippen LogP contribution is -2.34. The van der Waals surface area contributed by atoms with Crippen LogP contribution in [-0.4, -0.2) is 39.0 Å². The standard InChI is InChI=1S/C11H23NO2/c1-2-13-9-10-14-8-6-11-5-3-4-7-12-11/h11-12H,2-10H2,1H3. The van der Waals surface area contributed by atoms with Gasteiger partial charge in [-0.25, -0.2) is 0 Å². The predicted octanol–water partition coefficient (Wildman–Crippen LogP) is 1.57. The summed E-state index contributed by atoms with van der Waals surface area (Å²) in [6.45, 7) is 6.31. The zero-order valence-corrected chi connectivity index (χ0v) is 9.26. The Morgan fingerprint density at radius 1 is 1.14 bits per heavy atom. The molecule has 1 N–H and O–H groups in total. The van der Waals surface area contributed by atoms with Crippen LogP contribution in [0.25, 0.3) is 0 Å². The van der Waals surface area contributed by atoms with Gasteiger partial charge in [0.2, 0.25) is 0 Å². The maximum absolute atomic E-state index is 5.47. The average molecular weight is 201 g/mol. The van der Waals surface area contributed by atoms with Crippen LogP contribution in [0.1, 0.15) is 32.6 Å². The van der Waals surface area contributed by atoms with Crippen LogP contribution in [0.5, 0.6) is 0 Å². The third-order valence-electron chi connectivity index (χ3n) is 2.60. The monoisotopic (exact) mass is 201 g/mol. The molecule has 0 saturated carbocycles. The summed E-state index contributed by atoms with van der Waals surface area (Å²) in [5, 5.41) is 3.51. The normalized spacial score (nSPS) is 22.5. The SMILES string of the molecule is CCOCCOCCC1CCCCN1. The molecule has 0 bridgehead atoms. The topological polar surface area (TPSA) is 30.5 Å². The second-order valence-corrected chi connectivity index (χ2v) is 3.74. The van der Waals surface area contributed by atoms with E-state index in [0.29, 0.717) is 6.04 Å². The molecule has 1 aliphatic rings. The average Bonchev–Trinajstić information content (AvgIpc) is 2.25. The number of ether oxygens (including phenoxy) is 2. The van der Waals surface area contributed by atoms with Gasteiger partial charge in [-0.3, -0.25) is 0 Å². The van der Waals surface area contributed by atoms with E-state index in [1.54, 1.807) is 0 Å². The highest BCUT2D eigenvalue weighted by atomic mass is 16.5. The van der Waals surface area contributed by atoms with E-state index in [1.165, 1.54) is 25.8 Å². The van der Waals surface area contributed by atoms with E-state index >= 15 is 0 Å². The molecule has 3 nitrogen and oxygen atoms in total. The van der Waals surface area contributed by atoms with Gasteiger partial charge in [0.25, 0.3) is 0 Å². The molecule has 0 radical (unpaired) electrons. The Kier molecular flexibility index (Phi) is 7.01. The fraction of sp³-hybridized carbons (Fsp3) is 1.00. The van der Waals surface area contributed by atoms with Crippen molar-refractivity contribution in [2.45, 2.75) is 38.6 Å². The molecule has 0 aromatic carbocycles. The summed E-state index contributed by atoms with van der Waals surface area (Å²) in [5.74, 6) is 0. The van der Waals surface area contributed by atoms with Crippen molar-refractivity contribution in [3.05, 3.63) is 0 Å². The molecule has 1 fully saturated rings. The molecule has 1 unspecified atom stereocenters. The van der Waals surface area contributed by atoms with Crippen LogP contribution >= 0.6 is 0 Å². The van der Waals surface area contributed by atoms with E-state index in [1.807, 2.05) is 6.92 Å². The first-order valence-electron chi connectivity index (χ1n) is 5.82. The van der Waals surface area contributed by atoms with Crippen LogP contribution in [0.2, 0.25) is 0 Å². The number of rotatable bonds is 7. The number of nitrogens with one attached hydrogen (secondary N) is 1. The lowest BCUT2D eigenvalue weighted by atomic mass is 10.0. The molecule has 84 valence electrons. The van der Waals surface area contributed by atoms with Crippen LogP contribution in [-0.2, 0) is 9.47 Å². The molecule has 3 heteroatoms. The first-order valence-corrected chi connectivity index (χ1v) is 5.82. The first-order chi connectivity index (χ1) is 6.93. The number of hydrogen-bond acceptors (Lipinski definition) is 3. The van der Waals surface area contributed by atoms with Crippen molar-refractivity contribution in [1.82, 2.24) is 5.32 Å². The largest absolute Gasteiger partial charge is 0.379 e. The fourth-order valence-corrected chi connectivity index (χ4v) is 1.76. The van der Waals surface area contributed by atoms with Gasteiger partial charge < -0.3 is 14.8 Å². The van der Waals surface area contributed by atoms with Crippen molar-refractivity contribution in [3.63, 3.8) is 0 Å². The van der Waals surface area contributed by atoms with E-state index in [9.17, 15) is 0 Å². The van der Waals surface area contributed by atoms with Crippen LogP contribution in [0.4, 0.5) is 0 Å². The lowest BCUT2D eigenvalue weighted by molar-refractivity contribution is 0.0483. The van der Waals surface area contributed by atoms with Gasteiger partial charge in [0.1, 0.15) is 0 Å². The highest BCUT2D eigenvalue weighted by Crippen LogP contribution is 2.09. The summed E-state index contributed by atoms with van der Waals surface area (Å²) in [7, 11) is 0. The summed E-state index contributed by atoms with van der Waals surface area (Å²) in [5.41, 5.74) is 0.